The van der Waals surface area contributed by atoms with E-state index in [1.807, 2.05) is 13.8 Å². The number of ether oxygens (including phenoxy) is 1. The first-order valence-corrected chi connectivity index (χ1v) is 11.0. The van der Waals surface area contributed by atoms with Gasteiger partial charge in [0.1, 0.15) is 12.1 Å². The maximum Gasteiger partial charge on any atom is 0.481 e. The fourth-order valence-corrected chi connectivity index (χ4v) is 4.23. The maximum absolute atomic E-state index is 11.5. The molecule has 0 bridgehead atoms. The van der Waals surface area contributed by atoms with Crippen LogP contribution in [0.2, 0.25) is 0 Å². The molecular formula is C13H22N4O8P2. The quantitative estimate of drug-likeness (QED) is 0.255. The second-order valence-electron chi connectivity index (χ2n) is 5.98. The molecule has 2 heterocycles. The Balaban J connectivity index is 1.90. The number of nitrogens with zero attached hydrogens (tertiary/aromatic N) is 3. The second-order valence-corrected chi connectivity index (χ2v) is 8.81. The number of hydrogen-bond acceptors (Lipinski definition) is 8. The van der Waals surface area contributed by atoms with Gasteiger partial charge in [-0.15, -0.1) is 0 Å². The highest BCUT2D eigenvalue weighted by atomic mass is 31.3. The van der Waals surface area contributed by atoms with Crippen LogP contribution in [0.1, 0.15) is 24.1 Å². The summed E-state index contributed by atoms with van der Waals surface area (Å²) in [6.45, 7) is 3.68. The molecule has 1 aliphatic rings. The molecule has 0 amide bonds. The fourth-order valence-electron chi connectivity index (χ4n) is 2.61. The van der Waals surface area contributed by atoms with Gasteiger partial charge >= 0.3 is 15.6 Å². The summed E-state index contributed by atoms with van der Waals surface area (Å²) >= 11 is 0. The summed E-state index contributed by atoms with van der Waals surface area (Å²) in [4.78, 5) is 36.3. The van der Waals surface area contributed by atoms with Gasteiger partial charge in [0.2, 0.25) is 0 Å². The fraction of sp³-hybridized carbons (Fsp3) is 0.615. The molecule has 0 radical (unpaired) electrons. The Labute approximate surface area is 155 Å². The van der Waals surface area contributed by atoms with Gasteiger partial charge in [0.05, 0.1) is 31.7 Å². The van der Waals surface area contributed by atoms with Gasteiger partial charge in [-0.3, -0.25) is 9.93 Å². The molecule has 14 heteroatoms. The predicted molar refractivity (Wildman–Crippen MR) is 94.4 cm³/mol. The van der Waals surface area contributed by atoms with Gasteiger partial charge in [-0.05, 0) is 26.7 Å². The molecule has 0 saturated carbocycles. The second kappa shape index (κ2) is 8.85. The summed E-state index contributed by atoms with van der Waals surface area (Å²) in [6, 6.07) is 0. The van der Waals surface area contributed by atoms with Gasteiger partial charge in [-0.2, -0.15) is 4.31 Å². The van der Waals surface area contributed by atoms with Crippen molar-refractivity contribution in [3.63, 3.8) is 0 Å². The molecule has 2 unspecified atom stereocenters. The van der Waals surface area contributed by atoms with Crippen LogP contribution in [0.4, 0.5) is 5.82 Å². The Bertz CT molecular complexity index is 773. The minimum Gasteiger partial charge on any atom is -0.371 e. The van der Waals surface area contributed by atoms with Gasteiger partial charge in [0.25, 0.3) is 0 Å². The predicted octanol–water partition coefficient (Wildman–Crippen LogP) is 1.28. The molecule has 152 valence electrons. The van der Waals surface area contributed by atoms with E-state index in [-0.39, 0.29) is 12.7 Å². The van der Waals surface area contributed by atoms with Crippen molar-refractivity contribution in [1.29, 1.82) is 5.41 Å². The molecule has 2 rings (SSSR count). The lowest BCUT2D eigenvalue weighted by Gasteiger charge is -2.24. The monoisotopic (exact) mass is 424 g/mol. The Hall–Kier alpha value is -1.23. The molecule has 0 aliphatic carbocycles. The van der Waals surface area contributed by atoms with E-state index in [0.29, 0.717) is 25.2 Å². The molecular weight excluding hydrogens is 402 g/mol. The zero-order chi connectivity index (χ0) is 20.2. The Morgan fingerprint density at radius 3 is 2.59 bits per heavy atom. The first-order valence-electron chi connectivity index (χ1n) is 7.96. The third-order valence-electron chi connectivity index (χ3n) is 3.97. The molecule has 1 saturated heterocycles. The normalized spacial score (nSPS) is 22.4. The summed E-state index contributed by atoms with van der Waals surface area (Å²) in [5.74, 6) is 0.593. The highest BCUT2D eigenvalue weighted by Gasteiger charge is 2.35. The van der Waals surface area contributed by atoms with Crippen LogP contribution in [0, 0.1) is 19.3 Å². The van der Waals surface area contributed by atoms with Crippen molar-refractivity contribution in [2.75, 3.05) is 18.1 Å². The third-order valence-corrected chi connectivity index (χ3v) is 6.12. The largest absolute Gasteiger partial charge is 0.481 e. The minimum absolute atomic E-state index is 0.282. The molecule has 12 nitrogen and oxygen atoms in total. The zero-order valence-corrected chi connectivity index (χ0v) is 16.5. The van der Waals surface area contributed by atoms with Crippen molar-refractivity contribution in [2.24, 2.45) is 0 Å². The molecule has 3 atom stereocenters. The van der Waals surface area contributed by atoms with Crippen molar-refractivity contribution in [2.45, 2.75) is 38.9 Å². The number of hydrogen-bond donors (Lipinski definition) is 4. The number of nitrogens with one attached hydrogen (secondary N) is 1. The summed E-state index contributed by atoms with van der Waals surface area (Å²) in [6.07, 6.45) is 2.84. The first kappa shape index (κ1) is 22.1. The zero-order valence-electron chi connectivity index (χ0n) is 14.8. The highest BCUT2D eigenvalue weighted by molar-refractivity contribution is 7.60. The number of anilines is 1. The van der Waals surface area contributed by atoms with E-state index in [1.54, 1.807) is 4.90 Å². The van der Waals surface area contributed by atoms with Crippen molar-refractivity contribution in [3.05, 3.63) is 17.6 Å². The molecule has 27 heavy (non-hydrogen) atoms. The topological polar surface area (TPSA) is 175 Å². The van der Waals surface area contributed by atoms with Gasteiger partial charge in [0, 0.05) is 11.3 Å². The lowest BCUT2D eigenvalue weighted by atomic mass is 10.2. The van der Waals surface area contributed by atoms with Crippen LogP contribution in [0.15, 0.2) is 6.33 Å². The number of rotatable bonds is 9. The van der Waals surface area contributed by atoms with Gasteiger partial charge in [0.15, 0.2) is 0 Å². The van der Waals surface area contributed by atoms with E-state index >= 15 is 0 Å². The average molecular weight is 424 g/mol. The summed E-state index contributed by atoms with van der Waals surface area (Å²) in [5.41, 5.74) is 1.64. The highest BCUT2D eigenvalue weighted by Crippen LogP contribution is 2.57. The molecule has 0 aromatic carbocycles. The van der Waals surface area contributed by atoms with Crippen molar-refractivity contribution < 1.29 is 37.4 Å². The third kappa shape index (κ3) is 6.70. The minimum atomic E-state index is -5.15. The molecule has 1 aromatic heterocycles. The van der Waals surface area contributed by atoms with Crippen LogP contribution in [-0.2, 0) is 22.7 Å². The van der Waals surface area contributed by atoms with Crippen LogP contribution in [0.5, 0.6) is 0 Å². The lowest BCUT2D eigenvalue weighted by molar-refractivity contribution is 0.0149. The maximum atomic E-state index is 11.5. The van der Waals surface area contributed by atoms with Crippen molar-refractivity contribution in [3.8, 4) is 0 Å². The molecule has 1 aliphatic heterocycles. The molecule has 0 spiro atoms. The summed E-state index contributed by atoms with van der Waals surface area (Å²) in [5, 5.41) is 7.63. The van der Waals surface area contributed by atoms with Gasteiger partial charge < -0.3 is 24.3 Å². The molecule has 1 aromatic rings. The Morgan fingerprint density at radius 2 is 1.96 bits per heavy atom. The number of aromatic nitrogens is 2. The molecule has 4 N–H and O–H groups in total. The van der Waals surface area contributed by atoms with E-state index < -0.39 is 21.7 Å². The summed E-state index contributed by atoms with van der Waals surface area (Å²) in [7, 11) is -10.0. The Morgan fingerprint density at radius 1 is 1.30 bits per heavy atom. The van der Waals surface area contributed by atoms with Crippen molar-refractivity contribution >= 4 is 27.8 Å². The van der Waals surface area contributed by atoms with E-state index in [2.05, 4.69) is 18.8 Å². The van der Waals surface area contributed by atoms with E-state index in [4.69, 9.17) is 19.9 Å². The number of phosphoric ester groups is 1. The van der Waals surface area contributed by atoms with E-state index in [0.717, 1.165) is 17.6 Å². The van der Waals surface area contributed by atoms with Crippen molar-refractivity contribution in [1.82, 2.24) is 9.97 Å². The lowest BCUT2D eigenvalue weighted by Crippen LogP contribution is -2.33. The standard InChI is InChI=1S/C13H22N4O8P2/c1-9-10(2)15-8-16-13(9)17(7-14)5-11-3-4-12(24-11)6-23-27(21,22)25-26(18,19)20/h7-8,11-12,14H,3-6H2,1-2H3,(H,21,22)(H2,18,19,20)/t11-,12?/m1/s1. The van der Waals surface area contributed by atoms with Crippen LogP contribution < -0.4 is 4.90 Å². The van der Waals surface area contributed by atoms with Crippen LogP contribution in [0.3, 0.4) is 0 Å². The van der Waals surface area contributed by atoms with Gasteiger partial charge in [-0.25, -0.2) is 19.1 Å². The number of aryl methyl sites for hydroxylation is 1. The van der Waals surface area contributed by atoms with Crippen LogP contribution in [0.25, 0.3) is 0 Å². The van der Waals surface area contributed by atoms with E-state index in [1.165, 1.54) is 6.33 Å². The van der Waals surface area contributed by atoms with Gasteiger partial charge in [-0.1, -0.05) is 0 Å². The first-order chi connectivity index (χ1) is 12.5. The summed E-state index contributed by atoms with van der Waals surface area (Å²) < 4.78 is 36.1. The average Bonchev–Trinajstić information content (AvgIpc) is 2.99. The smallest absolute Gasteiger partial charge is 0.371 e. The van der Waals surface area contributed by atoms with Crippen LogP contribution in [-0.4, -0.2) is 56.3 Å². The van der Waals surface area contributed by atoms with E-state index in [9.17, 15) is 14.0 Å². The number of phosphoric acid groups is 2. The molecule has 1 fully saturated rings. The Kier molecular flexibility index (Phi) is 7.23. The van der Waals surface area contributed by atoms with Crippen LogP contribution >= 0.6 is 15.6 Å². The SMILES string of the molecule is Cc1ncnc(N(C=N)C[C@H]2CCC(COP(=O)(O)OP(=O)(O)O)O2)c1C.